The lowest BCUT2D eigenvalue weighted by molar-refractivity contribution is 0.102. The minimum absolute atomic E-state index is 0.222. The maximum atomic E-state index is 12.3. The number of amides is 1. The SMILES string of the molecule is CCNc1cc(C(=O)Nc2ccc(Br)c(C)c2)cc(Cl)n1. The standard InChI is InChI=1S/C15H15BrClN3O/c1-3-18-14-8-10(7-13(17)20-14)15(21)19-11-4-5-12(16)9(2)6-11/h4-8H,3H2,1-2H3,(H,18,20)(H,19,21). The Bertz CT molecular complexity index is 676. The zero-order chi connectivity index (χ0) is 15.4. The third-order valence-corrected chi connectivity index (χ3v) is 3.91. The van der Waals surface area contributed by atoms with Crippen LogP contribution in [0.3, 0.4) is 0 Å². The van der Waals surface area contributed by atoms with Crippen LogP contribution in [0.25, 0.3) is 0 Å². The van der Waals surface area contributed by atoms with E-state index in [2.05, 4.69) is 31.5 Å². The molecule has 110 valence electrons. The molecular formula is C15H15BrClN3O. The molecule has 0 aliphatic carbocycles. The van der Waals surface area contributed by atoms with Crippen molar-refractivity contribution in [3.8, 4) is 0 Å². The second-order valence-electron chi connectivity index (χ2n) is 4.51. The number of hydrogen-bond donors (Lipinski definition) is 2. The average Bonchev–Trinajstić information content (AvgIpc) is 2.42. The van der Waals surface area contributed by atoms with Gasteiger partial charge >= 0.3 is 0 Å². The minimum atomic E-state index is -0.222. The second kappa shape index (κ2) is 6.91. The molecule has 2 N–H and O–H groups in total. The molecule has 1 aromatic carbocycles. The number of halogens is 2. The van der Waals surface area contributed by atoms with Crippen LogP contribution >= 0.6 is 27.5 Å². The van der Waals surface area contributed by atoms with Gasteiger partial charge in [0, 0.05) is 22.3 Å². The third kappa shape index (κ3) is 4.19. The number of rotatable bonds is 4. The molecule has 0 aliphatic rings. The number of pyridine rings is 1. The molecule has 1 amide bonds. The largest absolute Gasteiger partial charge is 0.370 e. The van der Waals surface area contributed by atoms with Gasteiger partial charge in [-0.1, -0.05) is 27.5 Å². The summed E-state index contributed by atoms with van der Waals surface area (Å²) in [6, 6.07) is 8.85. The first-order valence-corrected chi connectivity index (χ1v) is 7.65. The second-order valence-corrected chi connectivity index (χ2v) is 5.75. The zero-order valence-electron chi connectivity index (χ0n) is 11.7. The summed E-state index contributed by atoms with van der Waals surface area (Å²) in [5.41, 5.74) is 2.25. The van der Waals surface area contributed by atoms with Gasteiger partial charge in [0.15, 0.2) is 0 Å². The average molecular weight is 369 g/mol. The Balaban J connectivity index is 2.21. The number of nitrogens with one attached hydrogen (secondary N) is 2. The Kier molecular flexibility index (Phi) is 5.20. The number of aryl methyl sites for hydroxylation is 1. The van der Waals surface area contributed by atoms with Crippen LogP contribution in [0.15, 0.2) is 34.8 Å². The first-order valence-electron chi connectivity index (χ1n) is 6.48. The van der Waals surface area contributed by atoms with E-state index in [1.165, 1.54) is 0 Å². The van der Waals surface area contributed by atoms with Gasteiger partial charge in [-0.25, -0.2) is 4.98 Å². The monoisotopic (exact) mass is 367 g/mol. The fraction of sp³-hybridized carbons (Fsp3) is 0.200. The van der Waals surface area contributed by atoms with Crippen molar-refractivity contribution in [2.24, 2.45) is 0 Å². The number of benzene rings is 1. The van der Waals surface area contributed by atoms with Gasteiger partial charge in [-0.2, -0.15) is 0 Å². The lowest BCUT2D eigenvalue weighted by Crippen LogP contribution is -2.13. The molecule has 0 fully saturated rings. The van der Waals surface area contributed by atoms with Crippen LogP contribution in [0.2, 0.25) is 5.15 Å². The fourth-order valence-corrected chi connectivity index (χ4v) is 2.28. The van der Waals surface area contributed by atoms with E-state index in [0.29, 0.717) is 17.9 Å². The van der Waals surface area contributed by atoms with Crippen LogP contribution in [-0.4, -0.2) is 17.4 Å². The van der Waals surface area contributed by atoms with Crippen LogP contribution in [0.4, 0.5) is 11.5 Å². The van der Waals surface area contributed by atoms with Gasteiger partial charge in [-0.05, 0) is 49.7 Å². The fourth-order valence-electron chi connectivity index (χ4n) is 1.83. The molecule has 1 aromatic heterocycles. The summed E-state index contributed by atoms with van der Waals surface area (Å²) in [5, 5.41) is 6.17. The van der Waals surface area contributed by atoms with Crippen LogP contribution in [0.5, 0.6) is 0 Å². The molecule has 0 saturated heterocycles. The highest BCUT2D eigenvalue weighted by Crippen LogP contribution is 2.21. The summed E-state index contributed by atoms with van der Waals surface area (Å²) in [5.74, 6) is 0.363. The topological polar surface area (TPSA) is 54.0 Å². The van der Waals surface area contributed by atoms with Crippen LogP contribution < -0.4 is 10.6 Å². The lowest BCUT2D eigenvalue weighted by Gasteiger charge is -2.09. The summed E-state index contributed by atoms with van der Waals surface area (Å²) in [6.45, 7) is 4.62. The van der Waals surface area contributed by atoms with Crippen molar-refractivity contribution in [1.82, 2.24) is 4.98 Å². The molecule has 6 heteroatoms. The number of hydrogen-bond acceptors (Lipinski definition) is 3. The van der Waals surface area contributed by atoms with Crippen molar-refractivity contribution in [3.63, 3.8) is 0 Å². The van der Waals surface area contributed by atoms with Crippen LogP contribution in [0.1, 0.15) is 22.8 Å². The molecule has 1 heterocycles. The molecule has 0 bridgehead atoms. The maximum Gasteiger partial charge on any atom is 0.255 e. The highest BCUT2D eigenvalue weighted by Gasteiger charge is 2.10. The summed E-state index contributed by atoms with van der Waals surface area (Å²) in [6.07, 6.45) is 0. The van der Waals surface area contributed by atoms with E-state index < -0.39 is 0 Å². The number of nitrogens with zero attached hydrogens (tertiary/aromatic N) is 1. The van der Waals surface area contributed by atoms with E-state index >= 15 is 0 Å². The molecule has 0 spiro atoms. The van der Waals surface area contributed by atoms with Crippen molar-refractivity contribution in [2.75, 3.05) is 17.2 Å². The molecular weight excluding hydrogens is 354 g/mol. The normalized spacial score (nSPS) is 10.3. The Morgan fingerprint density at radius 1 is 1.33 bits per heavy atom. The minimum Gasteiger partial charge on any atom is -0.370 e. The van der Waals surface area contributed by atoms with Crippen LogP contribution in [-0.2, 0) is 0 Å². The predicted octanol–water partition coefficient (Wildman–Crippen LogP) is 4.49. The predicted molar refractivity (Wildman–Crippen MR) is 90.2 cm³/mol. The molecule has 4 nitrogen and oxygen atoms in total. The quantitative estimate of drug-likeness (QED) is 0.782. The first kappa shape index (κ1) is 15.8. The van der Waals surface area contributed by atoms with E-state index in [0.717, 1.165) is 15.7 Å². The van der Waals surface area contributed by atoms with E-state index in [4.69, 9.17) is 11.6 Å². The summed E-state index contributed by atoms with van der Waals surface area (Å²) in [7, 11) is 0. The summed E-state index contributed by atoms with van der Waals surface area (Å²) < 4.78 is 1.00. The van der Waals surface area contributed by atoms with Crippen molar-refractivity contribution in [2.45, 2.75) is 13.8 Å². The number of carbonyl (C=O) groups excluding carboxylic acids is 1. The Labute approximate surface area is 137 Å². The van der Waals surface area contributed by atoms with Gasteiger partial charge in [0.1, 0.15) is 11.0 Å². The first-order chi connectivity index (χ1) is 9.99. The van der Waals surface area contributed by atoms with Gasteiger partial charge in [-0.15, -0.1) is 0 Å². The molecule has 0 radical (unpaired) electrons. The van der Waals surface area contributed by atoms with Gasteiger partial charge < -0.3 is 10.6 Å². The van der Waals surface area contributed by atoms with Gasteiger partial charge in [-0.3, -0.25) is 4.79 Å². The van der Waals surface area contributed by atoms with Crippen molar-refractivity contribution >= 4 is 44.9 Å². The lowest BCUT2D eigenvalue weighted by atomic mass is 10.2. The van der Waals surface area contributed by atoms with Gasteiger partial charge in [0.05, 0.1) is 0 Å². The van der Waals surface area contributed by atoms with Crippen molar-refractivity contribution < 1.29 is 4.79 Å². The summed E-state index contributed by atoms with van der Waals surface area (Å²) >= 11 is 9.37. The van der Waals surface area contributed by atoms with Gasteiger partial charge in [0.2, 0.25) is 0 Å². The van der Waals surface area contributed by atoms with Crippen molar-refractivity contribution in [3.05, 3.63) is 51.1 Å². The third-order valence-electron chi connectivity index (χ3n) is 2.83. The molecule has 0 saturated carbocycles. The number of aromatic nitrogens is 1. The summed E-state index contributed by atoms with van der Waals surface area (Å²) in [4.78, 5) is 16.4. The molecule has 2 rings (SSSR count). The smallest absolute Gasteiger partial charge is 0.255 e. The highest BCUT2D eigenvalue weighted by molar-refractivity contribution is 9.10. The molecule has 0 unspecified atom stereocenters. The van der Waals surface area contributed by atoms with Gasteiger partial charge in [0.25, 0.3) is 5.91 Å². The van der Waals surface area contributed by atoms with Crippen LogP contribution in [0, 0.1) is 6.92 Å². The number of anilines is 2. The van der Waals surface area contributed by atoms with E-state index in [1.54, 1.807) is 12.1 Å². The molecule has 0 aliphatic heterocycles. The van der Waals surface area contributed by atoms with E-state index in [-0.39, 0.29) is 11.1 Å². The molecule has 0 atom stereocenters. The zero-order valence-corrected chi connectivity index (χ0v) is 14.0. The van der Waals surface area contributed by atoms with E-state index in [1.807, 2.05) is 32.0 Å². The van der Waals surface area contributed by atoms with E-state index in [9.17, 15) is 4.79 Å². The Morgan fingerprint density at radius 3 is 2.76 bits per heavy atom. The Morgan fingerprint density at radius 2 is 2.10 bits per heavy atom. The Hall–Kier alpha value is -1.59. The van der Waals surface area contributed by atoms with Crippen molar-refractivity contribution in [1.29, 1.82) is 0 Å². The molecule has 21 heavy (non-hydrogen) atoms. The highest BCUT2D eigenvalue weighted by atomic mass is 79.9. The maximum absolute atomic E-state index is 12.3. The number of carbonyl (C=O) groups is 1. The molecule has 2 aromatic rings.